The number of likely N-dealkylation sites (N-methyl/N-ethyl adjacent to an activating group) is 1. The van der Waals surface area contributed by atoms with Gasteiger partial charge in [0.15, 0.2) is 0 Å². The van der Waals surface area contributed by atoms with Crippen molar-refractivity contribution in [2.45, 2.75) is 26.7 Å². The van der Waals surface area contributed by atoms with Crippen LogP contribution in [-0.2, 0) is 4.79 Å². The van der Waals surface area contributed by atoms with Gasteiger partial charge >= 0.3 is 0 Å². The van der Waals surface area contributed by atoms with Crippen molar-refractivity contribution in [2.75, 3.05) is 63.1 Å². The summed E-state index contributed by atoms with van der Waals surface area (Å²) in [6, 6.07) is 8.23. The van der Waals surface area contributed by atoms with Gasteiger partial charge in [-0.3, -0.25) is 9.69 Å². The molecule has 0 radical (unpaired) electrons. The molecule has 24 heavy (non-hydrogen) atoms. The minimum absolute atomic E-state index is 0.0734. The number of nitrogens with zero attached hydrogens (tertiary/aromatic N) is 3. The van der Waals surface area contributed by atoms with Crippen LogP contribution in [-0.4, -0.2) is 68.6 Å². The number of anilines is 2. The molecule has 5 nitrogen and oxygen atoms in total. The maximum atomic E-state index is 12.2. The van der Waals surface area contributed by atoms with E-state index >= 15 is 0 Å². The second kappa shape index (κ2) is 9.64. The minimum atomic E-state index is 0.0734. The maximum Gasteiger partial charge on any atom is 0.238 e. The van der Waals surface area contributed by atoms with E-state index in [9.17, 15) is 4.79 Å². The van der Waals surface area contributed by atoms with E-state index in [1.165, 1.54) is 5.69 Å². The van der Waals surface area contributed by atoms with E-state index in [2.05, 4.69) is 53.0 Å². The fourth-order valence-electron chi connectivity index (χ4n) is 3.13. The molecule has 2 rings (SSSR count). The van der Waals surface area contributed by atoms with Gasteiger partial charge in [-0.1, -0.05) is 13.8 Å². The third-order valence-electron chi connectivity index (χ3n) is 4.47. The minimum Gasteiger partial charge on any atom is -0.369 e. The van der Waals surface area contributed by atoms with Crippen LogP contribution in [0, 0.1) is 0 Å². The van der Waals surface area contributed by atoms with Gasteiger partial charge in [0, 0.05) is 37.6 Å². The van der Waals surface area contributed by atoms with Gasteiger partial charge in [-0.2, -0.15) is 0 Å². The third-order valence-corrected chi connectivity index (χ3v) is 4.47. The summed E-state index contributed by atoms with van der Waals surface area (Å²) in [6.07, 6.45) is 2.15. The van der Waals surface area contributed by atoms with Crippen LogP contribution in [0.15, 0.2) is 24.3 Å². The fourth-order valence-corrected chi connectivity index (χ4v) is 3.13. The SMILES string of the molecule is CCCN(CCC)CC(=O)Nc1ccc(N2CCN(C)CC2)cc1. The van der Waals surface area contributed by atoms with E-state index in [-0.39, 0.29) is 5.91 Å². The lowest BCUT2D eigenvalue weighted by atomic mass is 10.2. The van der Waals surface area contributed by atoms with Crippen molar-refractivity contribution in [1.29, 1.82) is 0 Å². The van der Waals surface area contributed by atoms with Crippen molar-refractivity contribution in [2.24, 2.45) is 0 Å². The Labute approximate surface area is 146 Å². The van der Waals surface area contributed by atoms with E-state index in [1.54, 1.807) is 0 Å². The second-order valence-corrected chi connectivity index (χ2v) is 6.66. The molecule has 1 aromatic rings. The standard InChI is InChI=1S/C19H32N4O/c1-4-10-22(11-5-2)16-19(24)20-17-6-8-18(9-7-17)23-14-12-21(3)13-15-23/h6-9H,4-5,10-16H2,1-3H3,(H,20,24). The van der Waals surface area contributed by atoms with Gasteiger partial charge in [0.2, 0.25) is 5.91 Å². The highest BCUT2D eigenvalue weighted by molar-refractivity contribution is 5.92. The first-order valence-corrected chi connectivity index (χ1v) is 9.18. The van der Waals surface area contributed by atoms with E-state index in [4.69, 9.17) is 0 Å². The Bertz CT molecular complexity index is 489. The predicted octanol–water partition coefficient (Wildman–Crippen LogP) is 2.50. The summed E-state index contributed by atoms with van der Waals surface area (Å²) in [4.78, 5) is 19.2. The number of carbonyl (C=O) groups excluding carboxylic acids is 1. The molecule has 1 heterocycles. The third kappa shape index (κ3) is 5.80. The topological polar surface area (TPSA) is 38.8 Å². The number of hydrogen-bond acceptors (Lipinski definition) is 4. The molecule has 1 fully saturated rings. The largest absolute Gasteiger partial charge is 0.369 e. The monoisotopic (exact) mass is 332 g/mol. The highest BCUT2D eigenvalue weighted by Crippen LogP contribution is 2.19. The summed E-state index contributed by atoms with van der Waals surface area (Å²) in [5.74, 6) is 0.0734. The van der Waals surface area contributed by atoms with E-state index in [0.717, 1.165) is 57.8 Å². The van der Waals surface area contributed by atoms with E-state index in [1.807, 2.05) is 12.1 Å². The quantitative estimate of drug-likeness (QED) is 0.794. The number of amides is 1. The van der Waals surface area contributed by atoms with Crippen molar-refractivity contribution in [3.63, 3.8) is 0 Å². The summed E-state index contributed by atoms with van der Waals surface area (Å²) < 4.78 is 0. The Morgan fingerprint density at radius 1 is 1.04 bits per heavy atom. The van der Waals surface area contributed by atoms with Crippen molar-refractivity contribution in [3.8, 4) is 0 Å². The van der Waals surface area contributed by atoms with Crippen molar-refractivity contribution < 1.29 is 4.79 Å². The van der Waals surface area contributed by atoms with Crippen LogP contribution in [0.1, 0.15) is 26.7 Å². The lowest BCUT2D eigenvalue weighted by Gasteiger charge is -2.34. The number of rotatable bonds is 8. The first kappa shape index (κ1) is 18.7. The molecule has 1 aliphatic rings. The number of benzene rings is 1. The van der Waals surface area contributed by atoms with Gasteiger partial charge in [0.25, 0.3) is 0 Å². The molecule has 1 N–H and O–H groups in total. The zero-order valence-electron chi connectivity index (χ0n) is 15.4. The van der Waals surface area contributed by atoms with Crippen molar-refractivity contribution >= 4 is 17.3 Å². The highest BCUT2D eigenvalue weighted by atomic mass is 16.2. The molecule has 1 saturated heterocycles. The number of piperazine rings is 1. The van der Waals surface area contributed by atoms with Crippen LogP contribution in [0.3, 0.4) is 0 Å². The molecule has 1 amide bonds. The Balaban J connectivity index is 1.85. The Hall–Kier alpha value is -1.59. The molecular weight excluding hydrogens is 300 g/mol. The van der Waals surface area contributed by atoms with Crippen LogP contribution in [0.5, 0.6) is 0 Å². The fraction of sp³-hybridized carbons (Fsp3) is 0.632. The van der Waals surface area contributed by atoms with Crippen molar-refractivity contribution in [3.05, 3.63) is 24.3 Å². The van der Waals surface area contributed by atoms with E-state index in [0.29, 0.717) is 6.54 Å². The summed E-state index contributed by atoms with van der Waals surface area (Å²) in [7, 11) is 2.16. The lowest BCUT2D eigenvalue weighted by Crippen LogP contribution is -2.44. The summed E-state index contributed by atoms with van der Waals surface area (Å²) >= 11 is 0. The zero-order valence-corrected chi connectivity index (χ0v) is 15.4. The molecule has 0 aliphatic carbocycles. The van der Waals surface area contributed by atoms with Crippen LogP contribution >= 0.6 is 0 Å². The Kier molecular flexibility index (Phi) is 7.53. The first-order chi connectivity index (χ1) is 11.6. The molecule has 0 aromatic heterocycles. The number of hydrogen-bond donors (Lipinski definition) is 1. The van der Waals surface area contributed by atoms with Gasteiger partial charge in [-0.25, -0.2) is 0 Å². The maximum absolute atomic E-state index is 12.2. The van der Waals surface area contributed by atoms with Gasteiger partial charge in [-0.15, -0.1) is 0 Å². The average molecular weight is 332 g/mol. The lowest BCUT2D eigenvalue weighted by molar-refractivity contribution is -0.117. The molecule has 1 aromatic carbocycles. The van der Waals surface area contributed by atoms with Gasteiger partial charge in [-0.05, 0) is 57.2 Å². The molecule has 1 aliphatic heterocycles. The molecule has 0 saturated carbocycles. The predicted molar refractivity (Wildman–Crippen MR) is 102 cm³/mol. The van der Waals surface area contributed by atoms with Crippen LogP contribution in [0.2, 0.25) is 0 Å². The van der Waals surface area contributed by atoms with Crippen LogP contribution in [0.4, 0.5) is 11.4 Å². The molecule has 0 spiro atoms. The average Bonchev–Trinajstić information content (AvgIpc) is 2.57. The molecule has 0 bridgehead atoms. The molecular formula is C19H32N4O. The summed E-state index contributed by atoms with van der Waals surface area (Å²) in [6.45, 7) is 11.0. The van der Waals surface area contributed by atoms with Gasteiger partial charge < -0.3 is 15.1 Å². The summed E-state index contributed by atoms with van der Waals surface area (Å²) in [5.41, 5.74) is 2.12. The molecule has 134 valence electrons. The van der Waals surface area contributed by atoms with E-state index < -0.39 is 0 Å². The number of carbonyl (C=O) groups is 1. The Morgan fingerprint density at radius 3 is 2.17 bits per heavy atom. The Morgan fingerprint density at radius 2 is 1.62 bits per heavy atom. The molecule has 0 unspecified atom stereocenters. The molecule has 5 heteroatoms. The van der Waals surface area contributed by atoms with Crippen LogP contribution in [0.25, 0.3) is 0 Å². The zero-order chi connectivity index (χ0) is 17.4. The highest BCUT2D eigenvalue weighted by Gasteiger charge is 2.14. The first-order valence-electron chi connectivity index (χ1n) is 9.18. The second-order valence-electron chi connectivity index (χ2n) is 6.66. The normalized spacial score (nSPS) is 15.8. The van der Waals surface area contributed by atoms with Crippen molar-refractivity contribution in [1.82, 2.24) is 9.80 Å². The van der Waals surface area contributed by atoms with Gasteiger partial charge in [0.1, 0.15) is 0 Å². The number of nitrogens with one attached hydrogen (secondary N) is 1. The van der Waals surface area contributed by atoms with Crippen LogP contribution < -0.4 is 10.2 Å². The molecule has 0 atom stereocenters. The van der Waals surface area contributed by atoms with Gasteiger partial charge in [0.05, 0.1) is 6.54 Å². The summed E-state index contributed by atoms with van der Waals surface area (Å²) in [5, 5.41) is 3.02. The smallest absolute Gasteiger partial charge is 0.238 e.